The third-order valence-electron chi connectivity index (χ3n) is 5.22. The molecule has 0 radical (unpaired) electrons. The molecule has 0 N–H and O–H groups in total. The lowest BCUT2D eigenvalue weighted by Crippen LogP contribution is -2.33. The molecule has 0 fully saturated rings. The molecule has 1 aliphatic heterocycles. The molecule has 0 aliphatic carbocycles. The first-order chi connectivity index (χ1) is 15.9. The van der Waals surface area contributed by atoms with Crippen LogP contribution in [0.5, 0.6) is 0 Å². The zero-order valence-electron chi connectivity index (χ0n) is 18.8. The zero-order chi connectivity index (χ0) is 23.4. The summed E-state index contributed by atoms with van der Waals surface area (Å²) >= 11 is 7.67. The molecule has 9 nitrogen and oxygen atoms in total. The predicted octanol–water partition coefficient (Wildman–Crippen LogP) is 3.58. The van der Waals surface area contributed by atoms with Gasteiger partial charge in [0.25, 0.3) is 0 Å². The Balaban J connectivity index is 1.55. The molecule has 0 saturated carbocycles. The highest BCUT2D eigenvalue weighted by Crippen LogP contribution is 2.40. The van der Waals surface area contributed by atoms with E-state index in [1.807, 2.05) is 13.8 Å². The van der Waals surface area contributed by atoms with Gasteiger partial charge >= 0.3 is 5.97 Å². The summed E-state index contributed by atoms with van der Waals surface area (Å²) in [4.78, 5) is 27.2. The highest BCUT2D eigenvalue weighted by molar-refractivity contribution is 7.26. The number of fused-ring (bicyclic) bond motifs is 4. The van der Waals surface area contributed by atoms with Crippen molar-refractivity contribution in [3.05, 3.63) is 28.3 Å². The van der Waals surface area contributed by atoms with Crippen molar-refractivity contribution < 1.29 is 28.5 Å². The van der Waals surface area contributed by atoms with Crippen LogP contribution in [0.15, 0.2) is 6.33 Å². The quantitative estimate of drug-likeness (QED) is 0.237. The first-order valence-corrected chi connectivity index (χ1v) is 11.8. The number of pyridine rings is 1. The molecular formula is C22H26ClN3O6S. The molecule has 0 saturated heterocycles. The fraction of sp³-hybridized carbons (Fsp3) is 0.545. The van der Waals surface area contributed by atoms with Gasteiger partial charge in [-0.15, -0.1) is 11.3 Å². The Morgan fingerprint density at radius 1 is 1.15 bits per heavy atom. The van der Waals surface area contributed by atoms with Gasteiger partial charge in [0.2, 0.25) is 0 Å². The van der Waals surface area contributed by atoms with E-state index in [2.05, 4.69) is 9.97 Å². The first-order valence-electron chi connectivity index (χ1n) is 10.6. The van der Waals surface area contributed by atoms with E-state index in [1.165, 1.54) is 17.7 Å². The smallest absolute Gasteiger partial charge is 0.339 e. The number of methoxy groups -OCH3 is 1. The van der Waals surface area contributed by atoms with E-state index in [1.54, 1.807) is 7.11 Å². The molecule has 4 rings (SSSR count). The molecular weight excluding hydrogens is 470 g/mol. The van der Waals surface area contributed by atoms with Gasteiger partial charge in [-0.1, -0.05) is 11.6 Å². The van der Waals surface area contributed by atoms with Gasteiger partial charge in [-0.05, 0) is 13.8 Å². The number of carbonyl (C=O) groups excluding carboxylic acids is 1. The standard InChI is InChI=1S/C22H26ClN3O6S/c1-22(2)10-14-13(11-32-22)15(21(27)31-9-8-30-7-6-29-5-4-28-3)16-17-18(33-20(16)26-14)19(23)25-12-24-17/h12H,4-11H2,1-3H3. The molecule has 33 heavy (non-hydrogen) atoms. The van der Waals surface area contributed by atoms with Crippen LogP contribution in [0.1, 0.15) is 35.5 Å². The molecule has 3 aromatic heterocycles. The highest BCUT2D eigenvalue weighted by atomic mass is 35.5. The summed E-state index contributed by atoms with van der Waals surface area (Å²) in [5, 5.41) is 0.955. The Morgan fingerprint density at radius 3 is 2.64 bits per heavy atom. The van der Waals surface area contributed by atoms with E-state index >= 15 is 0 Å². The van der Waals surface area contributed by atoms with Crippen molar-refractivity contribution in [1.82, 2.24) is 15.0 Å². The van der Waals surface area contributed by atoms with Crippen molar-refractivity contribution in [2.45, 2.75) is 32.5 Å². The number of halogens is 1. The number of nitrogens with zero attached hydrogens (tertiary/aromatic N) is 3. The minimum atomic E-state index is -0.462. The lowest BCUT2D eigenvalue weighted by Gasteiger charge is -2.32. The molecule has 0 spiro atoms. The van der Waals surface area contributed by atoms with Gasteiger partial charge in [-0.3, -0.25) is 0 Å². The minimum Gasteiger partial charge on any atom is -0.460 e. The molecule has 0 aromatic carbocycles. The number of carbonyl (C=O) groups is 1. The van der Waals surface area contributed by atoms with Crippen molar-refractivity contribution in [3.63, 3.8) is 0 Å². The predicted molar refractivity (Wildman–Crippen MR) is 124 cm³/mol. The minimum absolute atomic E-state index is 0.111. The van der Waals surface area contributed by atoms with Gasteiger partial charge in [-0.2, -0.15) is 0 Å². The number of hydrogen-bond donors (Lipinski definition) is 0. The van der Waals surface area contributed by atoms with Gasteiger partial charge < -0.3 is 23.7 Å². The molecule has 11 heteroatoms. The van der Waals surface area contributed by atoms with Crippen LogP contribution in [-0.2, 0) is 36.7 Å². The highest BCUT2D eigenvalue weighted by Gasteiger charge is 2.33. The van der Waals surface area contributed by atoms with Crippen LogP contribution in [0.2, 0.25) is 5.15 Å². The molecule has 1 aliphatic rings. The van der Waals surface area contributed by atoms with Gasteiger partial charge in [0.1, 0.15) is 22.9 Å². The number of hydrogen-bond acceptors (Lipinski definition) is 10. The largest absolute Gasteiger partial charge is 0.460 e. The second-order valence-electron chi connectivity index (χ2n) is 8.12. The van der Waals surface area contributed by atoms with E-state index < -0.39 is 5.97 Å². The second-order valence-corrected chi connectivity index (χ2v) is 9.47. The van der Waals surface area contributed by atoms with E-state index in [0.717, 1.165) is 11.3 Å². The van der Waals surface area contributed by atoms with Crippen molar-refractivity contribution in [1.29, 1.82) is 0 Å². The Bertz CT molecular complexity index is 1150. The molecule has 178 valence electrons. The van der Waals surface area contributed by atoms with Crippen molar-refractivity contribution in [2.75, 3.05) is 46.8 Å². The monoisotopic (exact) mass is 495 g/mol. The van der Waals surface area contributed by atoms with Crippen LogP contribution in [-0.4, -0.2) is 73.3 Å². The van der Waals surface area contributed by atoms with Gasteiger partial charge in [-0.25, -0.2) is 19.7 Å². The summed E-state index contributed by atoms with van der Waals surface area (Å²) in [5.74, 6) is -0.462. The number of esters is 1. The van der Waals surface area contributed by atoms with E-state index in [0.29, 0.717) is 64.0 Å². The van der Waals surface area contributed by atoms with Crippen LogP contribution in [0, 0.1) is 0 Å². The number of rotatable bonds is 10. The number of ether oxygens (including phenoxy) is 5. The van der Waals surface area contributed by atoms with Gasteiger partial charge in [0.05, 0.1) is 72.1 Å². The molecule has 0 atom stereocenters. The van der Waals surface area contributed by atoms with E-state index in [9.17, 15) is 4.79 Å². The van der Waals surface area contributed by atoms with Gasteiger partial charge in [0.15, 0.2) is 0 Å². The topological polar surface area (TPSA) is 102 Å². The fourth-order valence-electron chi connectivity index (χ4n) is 3.64. The zero-order valence-corrected chi connectivity index (χ0v) is 20.4. The lowest BCUT2D eigenvalue weighted by molar-refractivity contribution is -0.0417. The Hall–Kier alpha value is -1.95. The SMILES string of the molecule is COCCOCCOCCOC(=O)c1c2c(nc3sc4c(Cl)ncnc4c13)CC(C)(C)OC2. The summed E-state index contributed by atoms with van der Waals surface area (Å²) < 4.78 is 28.0. The molecule has 3 aromatic rings. The molecule has 0 bridgehead atoms. The number of thiophene rings is 1. The van der Waals surface area contributed by atoms with Crippen molar-refractivity contribution in [3.8, 4) is 0 Å². The average molecular weight is 496 g/mol. The van der Waals surface area contributed by atoms with E-state index in [4.69, 9.17) is 40.3 Å². The summed E-state index contributed by atoms with van der Waals surface area (Å²) in [6.07, 6.45) is 1.96. The molecule has 4 heterocycles. The first kappa shape index (κ1) is 24.2. The summed E-state index contributed by atoms with van der Waals surface area (Å²) in [6.45, 7) is 6.55. The normalized spacial score (nSPS) is 15.2. The Morgan fingerprint density at radius 2 is 1.88 bits per heavy atom. The summed E-state index contributed by atoms with van der Waals surface area (Å²) in [6, 6.07) is 0. The molecule has 0 amide bonds. The van der Waals surface area contributed by atoms with Crippen molar-refractivity contribution >= 4 is 49.3 Å². The summed E-state index contributed by atoms with van der Waals surface area (Å²) in [5.41, 5.74) is 2.20. The molecule has 0 unspecified atom stereocenters. The fourth-order valence-corrected chi connectivity index (χ4v) is 4.92. The second kappa shape index (κ2) is 10.5. The van der Waals surface area contributed by atoms with E-state index in [-0.39, 0.29) is 25.4 Å². The maximum absolute atomic E-state index is 13.3. The number of aromatic nitrogens is 3. The summed E-state index contributed by atoms with van der Waals surface area (Å²) in [7, 11) is 1.62. The maximum atomic E-state index is 13.3. The lowest BCUT2D eigenvalue weighted by atomic mass is 9.92. The van der Waals surface area contributed by atoms with Gasteiger partial charge in [0, 0.05) is 19.1 Å². The Kier molecular flexibility index (Phi) is 7.72. The van der Waals surface area contributed by atoms with Crippen molar-refractivity contribution in [2.24, 2.45) is 0 Å². The van der Waals surface area contributed by atoms with Crippen LogP contribution in [0.4, 0.5) is 0 Å². The Labute approximate surface area is 200 Å². The maximum Gasteiger partial charge on any atom is 0.339 e. The average Bonchev–Trinajstić information content (AvgIpc) is 3.15. The van der Waals surface area contributed by atoms with Crippen LogP contribution < -0.4 is 0 Å². The van der Waals surface area contributed by atoms with Crippen LogP contribution in [0.25, 0.3) is 20.4 Å². The van der Waals surface area contributed by atoms with Crippen LogP contribution in [0.3, 0.4) is 0 Å². The third-order valence-corrected chi connectivity index (χ3v) is 6.69. The van der Waals surface area contributed by atoms with Crippen LogP contribution >= 0.6 is 22.9 Å². The third kappa shape index (κ3) is 5.42.